The lowest BCUT2D eigenvalue weighted by molar-refractivity contribution is -0.135. The summed E-state index contributed by atoms with van der Waals surface area (Å²) in [5.41, 5.74) is 6.47. The molecule has 6 rings (SSSR count). The molecule has 69 heavy (non-hydrogen) atoms. The summed E-state index contributed by atoms with van der Waals surface area (Å²) >= 11 is 0. The van der Waals surface area contributed by atoms with Crippen LogP contribution < -0.4 is 31.5 Å². The van der Waals surface area contributed by atoms with Gasteiger partial charge in [0.2, 0.25) is 11.8 Å². The molecule has 16 heteroatoms. The monoisotopic (exact) mass is 947 g/mol. The van der Waals surface area contributed by atoms with Gasteiger partial charge in [-0.25, -0.2) is 9.98 Å². The number of carbonyl (C=O) groups excluding carboxylic acids is 6. The van der Waals surface area contributed by atoms with Crippen molar-refractivity contribution in [3.63, 3.8) is 0 Å². The number of rotatable bonds is 19. The fourth-order valence-electron chi connectivity index (χ4n) is 7.83. The van der Waals surface area contributed by atoms with Crippen LogP contribution in [0.1, 0.15) is 124 Å². The van der Waals surface area contributed by atoms with E-state index in [1.165, 1.54) is 37.2 Å². The van der Waals surface area contributed by atoms with E-state index in [0.29, 0.717) is 73.4 Å². The Hall–Kier alpha value is -6.81. The number of nitrogens with zero attached hydrogens (tertiary/aromatic N) is 5. The van der Waals surface area contributed by atoms with E-state index in [-0.39, 0.29) is 41.7 Å². The van der Waals surface area contributed by atoms with Crippen molar-refractivity contribution < 1.29 is 28.8 Å². The minimum absolute atomic E-state index is 0.0164. The van der Waals surface area contributed by atoms with E-state index in [9.17, 15) is 28.8 Å². The number of ketones is 1. The molecule has 2 aromatic carbocycles. The summed E-state index contributed by atoms with van der Waals surface area (Å²) in [6.45, 7) is 20.1. The summed E-state index contributed by atoms with van der Waals surface area (Å²) in [6, 6.07) is 18.2. The molecule has 2 saturated heterocycles. The molecule has 3 aromatic rings. The fourth-order valence-corrected chi connectivity index (χ4v) is 7.83. The van der Waals surface area contributed by atoms with Crippen molar-refractivity contribution in [1.82, 2.24) is 20.5 Å². The number of aliphatic imine (C=N–C) groups is 2. The van der Waals surface area contributed by atoms with E-state index in [4.69, 9.17) is 9.98 Å². The zero-order valence-corrected chi connectivity index (χ0v) is 41.7. The molecule has 1 aliphatic carbocycles. The number of aldehydes is 2. The first-order chi connectivity index (χ1) is 33.3. The molecule has 2 fully saturated rings. The molecule has 0 radical (unpaired) electrons. The first kappa shape index (κ1) is 56.5. The van der Waals surface area contributed by atoms with Gasteiger partial charge in [-0.2, -0.15) is 0 Å². The molecule has 2 atom stereocenters. The number of piperidine rings is 2. The Bertz CT molecular complexity index is 2250. The third-order valence-corrected chi connectivity index (χ3v) is 11.9. The van der Waals surface area contributed by atoms with E-state index in [0.717, 1.165) is 62.1 Å². The van der Waals surface area contributed by atoms with Gasteiger partial charge in [0.15, 0.2) is 12.1 Å². The first-order valence-electron chi connectivity index (χ1n) is 24.1. The maximum atomic E-state index is 13.0. The highest BCUT2D eigenvalue weighted by Crippen LogP contribution is 2.34. The van der Waals surface area contributed by atoms with Crippen molar-refractivity contribution in [2.45, 2.75) is 104 Å². The molecule has 3 amide bonds. The molecule has 5 N–H and O–H groups in total. The number of carbonyl (C=O) groups is 6. The lowest BCUT2D eigenvalue weighted by atomic mass is 10.0. The fraction of sp³-hybridized carbons (Fsp3) is 0.453. The maximum absolute atomic E-state index is 13.0. The SMILES string of the molecule is C=CCNC(=O)C(=C/N=C)/C(=N\CNc1ccc(N2CCC(N(C)C)CC2)cc1)Nc1ccc2c(n1)[C@@H](CC)CC2.CC.CC(=O)c1cc(NCCCC=O)ccc1C=O.CC1CCC(=O)NC1=O. The normalized spacial score (nSPS) is 16.7. The minimum Gasteiger partial charge on any atom is -0.385 e. The topological polar surface area (TPSA) is 207 Å². The largest absolute Gasteiger partial charge is 0.385 e. The van der Waals surface area contributed by atoms with Gasteiger partial charge < -0.3 is 35.9 Å². The van der Waals surface area contributed by atoms with Gasteiger partial charge >= 0.3 is 0 Å². The lowest BCUT2D eigenvalue weighted by Crippen LogP contribution is -2.41. The highest BCUT2D eigenvalue weighted by molar-refractivity contribution is 6.25. The van der Waals surface area contributed by atoms with E-state index in [1.54, 1.807) is 24.3 Å². The van der Waals surface area contributed by atoms with Crippen LogP contribution in [0.2, 0.25) is 0 Å². The molecule has 1 unspecified atom stereocenters. The van der Waals surface area contributed by atoms with Crippen LogP contribution in [0.25, 0.3) is 0 Å². The van der Waals surface area contributed by atoms with Gasteiger partial charge in [-0.1, -0.05) is 39.8 Å². The average molecular weight is 947 g/mol. The Balaban J connectivity index is 0.000000366. The number of amidine groups is 1. The minimum atomic E-state index is -0.321. The first-order valence-corrected chi connectivity index (χ1v) is 24.1. The Labute approximate surface area is 409 Å². The van der Waals surface area contributed by atoms with Gasteiger partial charge in [0.25, 0.3) is 5.91 Å². The average Bonchev–Trinajstić information content (AvgIpc) is 3.78. The van der Waals surface area contributed by atoms with Gasteiger partial charge in [-0.3, -0.25) is 34.3 Å². The summed E-state index contributed by atoms with van der Waals surface area (Å²) in [5, 5.41) is 14.8. The molecule has 1 aromatic heterocycles. The Morgan fingerprint density at radius 1 is 0.957 bits per heavy atom. The van der Waals surface area contributed by atoms with Gasteiger partial charge in [-0.05, 0) is 127 Å². The zero-order chi connectivity index (χ0) is 50.7. The van der Waals surface area contributed by atoms with Crippen LogP contribution in [0, 0.1) is 5.92 Å². The van der Waals surface area contributed by atoms with Crippen LogP contribution >= 0.6 is 0 Å². The van der Waals surface area contributed by atoms with Crippen molar-refractivity contribution in [2.24, 2.45) is 15.9 Å². The highest BCUT2D eigenvalue weighted by atomic mass is 16.2. The Kier molecular flexibility index (Phi) is 25.0. The molecule has 3 heterocycles. The predicted octanol–water partition coefficient (Wildman–Crippen LogP) is 8.00. The number of fused-ring (bicyclic) bond motifs is 1. The van der Waals surface area contributed by atoms with Gasteiger partial charge in [0.1, 0.15) is 24.6 Å². The summed E-state index contributed by atoms with van der Waals surface area (Å²) in [6.07, 6.45) is 12.6. The number of nitrogens with one attached hydrogen (secondary N) is 5. The third kappa shape index (κ3) is 18.3. The molecule has 0 spiro atoms. The number of imide groups is 1. The molecule has 3 aliphatic rings. The van der Waals surface area contributed by atoms with Crippen LogP contribution in [0.5, 0.6) is 0 Å². The molecule has 16 nitrogen and oxygen atoms in total. The maximum Gasteiger partial charge on any atom is 0.256 e. The summed E-state index contributed by atoms with van der Waals surface area (Å²) in [5.74, 6) is 0.758. The molecular weight excluding hydrogens is 873 g/mol. The lowest BCUT2D eigenvalue weighted by Gasteiger charge is -2.36. The predicted molar refractivity (Wildman–Crippen MR) is 280 cm³/mol. The number of aryl methyl sites for hydroxylation is 1. The zero-order valence-electron chi connectivity index (χ0n) is 41.7. The second kappa shape index (κ2) is 30.5. The van der Waals surface area contributed by atoms with Gasteiger partial charge in [0.05, 0.1) is 5.57 Å². The number of pyridine rings is 1. The van der Waals surface area contributed by atoms with E-state index in [2.05, 4.69) is 106 Å². The summed E-state index contributed by atoms with van der Waals surface area (Å²) < 4.78 is 0. The standard InChI is InChI=1S/C32H44N8O.C13H15NO3.C6H9NO2.C2H6/c1-6-18-34-32(41)28(21-33-3)31(38-29-15-10-24-9-8-23(7-2)30(24)37-29)36-22-35-25-11-13-27(14-12-25)40-19-16-26(17-20-40)39(4)5;1-10(17)13-8-12(5-4-11(13)9-16)14-6-2-3-7-15;1-4-2-3-5(8)7-6(4)9;1-2/h6,10-15,21,23,26,35H,1,3,7-9,16-20,22H2,2,4-5H3,(H,34,41)(H,36,37,38);4-5,7-9,14H,2-3,6H2,1H3;4H,2-3H2,1H3,(H,7,8,9);1-2H3/b28-21+;;;/t23-;;;/m0.../s1. The van der Waals surface area contributed by atoms with Crippen molar-refractivity contribution in [2.75, 3.05) is 67.8 Å². The quantitative estimate of drug-likeness (QED) is 0.0113. The number of hydrogen-bond acceptors (Lipinski definition) is 13. The van der Waals surface area contributed by atoms with Crippen molar-refractivity contribution in [3.8, 4) is 0 Å². The molecule has 372 valence electrons. The number of amides is 3. The van der Waals surface area contributed by atoms with Crippen LogP contribution in [-0.2, 0) is 25.6 Å². The van der Waals surface area contributed by atoms with Crippen LogP contribution in [0.4, 0.5) is 22.9 Å². The van der Waals surface area contributed by atoms with Gasteiger partial charge in [-0.15, -0.1) is 6.58 Å². The molecular formula is C53H74N10O6. The van der Waals surface area contributed by atoms with E-state index in [1.807, 2.05) is 26.8 Å². The van der Waals surface area contributed by atoms with Crippen LogP contribution in [0.15, 0.2) is 89.0 Å². The van der Waals surface area contributed by atoms with Crippen LogP contribution in [-0.4, -0.2) is 111 Å². The van der Waals surface area contributed by atoms with Gasteiger partial charge in [0, 0.05) is 97.0 Å². The summed E-state index contributed by atoms with van der Waals surface area (Å²) in [4.78, 5) is 84.6. The number of Topliss-reactive ketones (excluding diaryl/α,β-unsaturated/α-hetero) is 1. The second-order valence-electron chi connectivity index (χ2n) is 16.9. The number of anilines is 4. The number of aromatic nitrogens is 1. The van der Waals surface area contributed by atoms with Crippen molar-refractivity contribution >= 4 is 71.5 Å². The van der Waals surface area contributed by atoms with Crippen molar-refractivity contribution in [3.05, 3.63) is 101 Å². The molecule has 2 aliphatic heterocycles. The Morgan fingerprint density at radius 2 is 1.67 bits per heavy atom. The molecule has 0 bridgehead atoms. The summed E-state index contributed by atoms with van der Waals surface area (Å²) in [7, 11) is 4.32. The number of unbranched alkanes of at least 4 members (excludes halogenated alkanes) is 1. The Morgan fingerprint density at radius 3 is 2.26 bits per heavy atom. The highest BCUT2D eigenvalue weighted by Gasteiger charge is 2.25. The molecule has 0 saturated carbocycles. The smallest absolute Gasteiger partial charge is 0.256 e. The number of hydrogen-bond donors (Lipinski definition) is 5. The van der Waals surface area contributed by atoms with E-state index < -0.39 is 0 Å². The third-order valence-electron chi connectivity index (χ3n) is 11.9. The van der Waals surface area contributed by atoms with E-state index >= 15 is 0 Å². The second-order valence-corrected chi connectivity index (χ2v) is 16.9. The number of benzene rings is 2. The van der Waals surface area contributed by atoms with Crippen molar-refractivity contribution in [1.29, 1.82) is 0 Å². The van der Waals surface area contributed by atoms with Crippen LogP contribution in [0.3, 0.4) is 0 Å².